The molecule has 1 unspecified atom stereocenters. The molecule has 0 amide bonds. The van der Waals surface area contributed by atoms with Crippen molar-refractivity contribution in [3.05, 3.63) is 93.0 Å². The molecule has 0 aliphatic carbocycles. The van der Waals surface area contributed by atoms with E-state index < -0.39 is 5.63 Å². The minimum absolute atomic E-state index is 0.0818. The van der Waals surface area contributed by atoms with Crippen LogP contribution in [0.25, 0.3) is 6.08 Å². The van der Waals surface area contributed by atoms with Crippen LogP contribution >= 0.6 is 11.6 Å². The number of hydrogen-bond acceptors (Lipinski definition) is 5. The maximum atomic E-state index is 12.5. The second-order valence-corrected chi connectivity index (χ2v) is 7.29. The zero-order valence-electron chi connectivity index (χ0n) is 15.7. The van der Waals surface area contributed by atoms with Gasteiger partial charge >= 0.3 is 5.63 Å². The highest BCUT2D eigenvalue weighted by Gasteiger charge is 2.23. The highest BCUT2D eigenvalue weighted by molar-refractivity contribution is 6.31. The number of benzene rings is 2. The molecule has 2 aromatic carbocycles. The van der Waals surface area contributed by atoms with Gasteiger partial charge in [-0.15, -0.1) is 0 Å². The van der Waals surface area contributed by atoms with Crippen molar-refractivity contribution in [3.8, 4) is 5.75 Å². The fourth-order valence-electron chi connectivity index (χ4n) is 3.30. The van der Waals surface area contributed by atoms with Gasteiger partial charge in [0, 0.05) is 17.5 Å². The van der Waals surface area contributed by atoms with Crippen molar-refractivity contribution in [1.82, 2.24) is 0 Å². The third-order valence-electron chi connectivity index (χ3n) is 4.63. The molecule has 4 rings (SSSR count). The van der Waals surface area contributed by atoms with Gasteiger partial charge in [-0.1, -0.05) is 54.1 Å². The van der Waals surface area contributed by atoms with Crippen LogP contribution in [-0.4, -0.2) is 16.9 Å². The number of fused-ring (bicyclic) bond motifs is 1. The van der Waals surface area contributed by atoms with Gasteiger partial charge in [0.05, 0.1) is 23.1 Å². The fraction of sp³-hybridized carbons (Fsp3) is 0.130. The van der Waals surface area contributed by atoms with Crippen LogP contribution in [0, 0.1) is 6.92 Å². The Balaban J connectivity index is 1.79. The monoisotopic (exact) mass is 406 g/mol. The van der Waals surface area contributed by atoms with Crippen LogP contribution in [0.1, 0.15) is 23.3 Å². The molecule has 0 spiro atoms. The van der Waals surface area contributed by atoms with Crippen molar-refractivity contribution >= 4 is 34.8 Å². The van der Waals surface area contributed by atoms with Gasteiger partial charge in [-0.25, -0.2) is 4.79 Å². The third-order valence-corrected chi connectivity index (χ3v) is 4.87. The number of aryl methyl sites for hydroxylation is 1. The van der Waals surface area contributed by atoms with E-state index in [0.717, 1.165) is 11.3 Å². The molecule has 1 atom stereocenters. The standard InChI is InChI=1S/C23H19ClN2O3/c1-14-11-21(27)22(23(28)29-14)20-13-17(9-7-15-5-3-2-4-6-15)25-19-12-16(24)8-10-18(19)26-20/h2-12,17,25,27H,13H2,1H3/b9-7+. The molecule has 0 saturated heterocycles. The van der Waals surface area contributed by atoms with Gasteiger partial charge in [0.2, 0.25) is 0 Å². The molecule has 5 nitrogen and oxygen atoms in total. The van der Waals surface area contributed by atoms with E-state index in [4.69, 9.17) is 16.0 Å². The van der Waals surface area contributed by atoms with E-state index in [0.29, 0.717) is 28.6 Å². The Bertz CT molecular complexity index is 1170. The number of rotatable bonds is 3. The van der Waals surface area contributed by atoms with Crippen LogP contribution in [0.15, 0.2) is 74.9 Å². The molecule has 1 aliphatic heterocycles. The van der Waals surface area contributed by atoms with Crippen molar-refractivity contribution in [2.24, 2.45) is 4.99 Å². The number of hydrogen-bond donors (Lipinski definition) is 2. The van der Waals surface area contributed by atoms with Crippen molar-refractivity contribution in [2.45, 2.75) is 19.4 Å². The lowest BCUT2D eigenvalue weighted by molar-refractivity contribution is 0.432. The zero-order chi connectivity index (χ0) is 20.4. The van der Waals surface area contributed by atoms with Crippen LogP contribution in [0.3, 0.4) is 0 Å². The number of aromatic hydroxyl groups is 1. The molecular weight excluding hydrogens is 388 g/mol. The summed E-state index contributed by atoms with van der Waals surface area (Å²) in [6.45, 7) is 1.62. The number of aliphatic imine (C=N–C) groups is 1. The molecule has 6 heteroatoms. The Morgan fingerprint density at radius 1 is 1.21 bits per heavy atom. The summed E-state index contributed by atoms with van der Waals surface area (Å²) < 4.78 is 5.20. The number of halogens is 1. The molecular formula is C23H19ClN2O3. The van der Waals surface area contributed by atoms with Crippen molar-refractivity contribution in [3.63, 3.8) is 0 Å². The SMILES string of the molecule is Cc1cc(O)c(C2=Nc3ccc(Cl)cc3NC(/C=C/c3ccccc3)C2)c(=O)o1. The minimum Gasteiger partial charge on any atom is -0.507 e. The fourth-order valence-corrected chi connectivity index (χ4v) is 3.47. The van der Waals surface area contributed by atoms with Gasteiger partial charge in [0.1, 0.15) is 17.1 Å². The Morgan fingerprint density at radius 2 is 2.00 bits per heavy atom. The highest BCUT2D eigenvalue weighted by atomic mass is 35.5. The molecule has 0 fully saturated rings. The predicted octanol–water partition coefficient (Wildman–Crippen LogP) is 5.33. The lowest BCUT2D eigenvalue weighted by atomic mass is 10.0. The molecule has 3 aromatic rings. The molecule has 0 radical (unpaired) electrons. The average molecular weight is 407 g/mol. The third kappa shape index (κ3) is 4.25. The van der Waals surface area contributed by atoms with E-state index >= 15 is 0 Å². The first-order valence-corrected chi connectivity index (χ1v) is 9.58. The summed E-state index contributed by atoms with van der Waals surface area (Å²) in [5, 5.41) is 14.4. The Kier molecular flexibility index (Phi) is 5.23. The molecule has 146 valence electrons. The number of nitrogens with zero attached hydrogens (tertiary/aromatic N) is 1. The van der Waals surface area contributed by atoms with Gasteiger partial charge in [-0.3, -0.25) is 4.99 Å². The second-order valence-electron chi connectivity index (χ2n) is 6.85. The van der Waals surface area contributed by atoms with Gasteiger partial charge in [0.15, 0.2) is 0 Å². The van der Waals surface area contributed by atoms with Gasteiger partial charge < -0.3 is 14.8 Å². The zero-order valence-corrected chi connectivity index (χ0v) is 16.5. The Hall–Kier alpha value is -3.31. The Labute approximate surface area is 173 Å². The van der Waals surface area contributed by atoms with Crippen LogP contribution in [0.4, 0.5) is 11.4 Å². The van der Waals surface area contributed by atoms with E-state index in [2.05, 4.69) is 10.3 Å². The van der Waals surface area contributed by atoms with Crippen LogP contribution in [0.5, 0.6) is 5.75 Å². The quantitative estimate of drug-likeness (QED) is 0.616. The molecule has 0 saturated carbocycles. The molecule has 1 aliphatic rings. The first-order valence-electron chi connectivity index (χ1n) is 9.20. The molecule has 2 N–H and O–H groups in total. The lowest BCUT2D eigenvalue weighted by Crippen LogP contribution is -2.23. The van der Waals surface area contributed by atoms with Crippen LogP contribution in [-0.2, 0) is 0 Å². The maximum Gasteiger partial charge on any atom is 0.348 e. The average Bonchev–Trinajstić information content (AvgIpc) is 2.85. The summed E-state index contributed by atoms with van der Waals surface area (Å²) in [6, 6.07) is 16.5. The van der Waals surface area contributed by atoms with E-state index in [1.54, 1.807) is 25.1 Å². The highest BCUT2D eigenvalue weighted by Crippen LogP contribution is 2.34. The summed E-state index contributed by atoms with van der Waals surface area (Å²) in [4.78, 5) is 17.1. The van der Waals surface area contributed by atoms with E-state index in [1.165, 1.54) is 6.07 Å². The van der Waals surface area contributed by atoms with Gasteiger partial charge in [0.25, 0.3) is 0 Å². The topological polar surface area (TPSA) is 74.8 Å². The molecule has 29 heavy (non-hydrogen) atoms. The summed E-state index contributed by atoms with van der Waals surface area (Å²) in [7, 11) is 0. The van der Waals surface area contributed by atoms with Crippen LogP contribution < -0.4 is 10.9 Å². The molecule has 2 heterocycles. The van der Waals surface area contributed by atoms with E-state index in [-0.39, 0.29) is 17.4 Å². The van der Waals surface area contributed by atoms with E-state index in [1.807, 2.05) is 42.5 Å². The smallest absolute Gasteiger partial charge is 0.348 e. The largest absolute Gasteiger partial charge is 0.507 e. The normalized spacial score (nSPS) is 16.1. The maximum absolute atomic E-state index is 12.5. The lowest BCUT2D eigenvalue weighted by Gasteiger charge is -2.15. The molecule has 1 aromatic heterocycles. The van der Waals surface area contributed by atoms with Crippen molar-refractivity contribution in [2.75, 3.05) is 5.32 Å². The summed E-state index contributed by atoms with van der Waals surface area (Å²) in [5.41, 5.74) is 2.38. The number of nitrogens with one attached hydrogen (secondary N) is 1. The Morgan fingerprint density at radius 3 is 2.76 bits per heavy atom. The summed E-state index contributed by atoms with van der Waals surface area (Å²) in [6.07, 6.45) is 4.40. The van der Waals surface area contributed by atoms with E-state index in [9.17, 15) is 9.90 Å². The second kappa shape index (κ2) is 7.97. The summed E-state index contributed by atoms with van der Waals surface area (Å²) in [5.74, 6) is 0.206. The number of anilines is 1. The first-order chi connectivity index (χ1) is 14.0. The van der Waals surface area contributed by atoms with Gasteiger partial charge in [-0.05, 0) is 30.7 Å². The minimum atomic E-state index is -0.607. The molecule has 0 bridgehead atoms. The van der Waals surface area contributed by atoms with Gasteiger partial charge in [-0.2, -0.15) is 0 Å². The van der Waals surface area contributed by atoms with Crippen molar-refractivity contribution < 1.29 is 9.52 Å². The van der Waals surface area contributed by atoms with Crippen LogP contribution in [0.2, 0.25) is 5.02 Å². The van der Waals surface area contributed by atoms with Crippen molar-refractivity contribution in [1.29, 1.82) is 0 Å². The first kappa shape index (κ1) is 19.0. The summed E-state index contributed by atoms with van der Waals surface area (Å²) >= 11 is 6.16. The predicted molar refractivity (Wildman–Crippen MR) is 117 cm³/mol.